The van der Waals surface area contributed by atoms with Crippen LogP contribution in [0.4, 0.5) is 0 Å². The number of hydrogen-bond donors (Lipinski definition) is 1. The van der Waals surface area contributed by atoms with Gasteiger partial charge in [-0.15, -0.1) is 0 Å². The Hall–Kier alpha value is -0.500. The third-order valence-electron chi connectivity index (χ3n) is 2.91. The number of aromatic nitrogens is 1. The molecule has 3 atom stereocenters. The summed E-state index contributed by atoms with van der Waals surface area (Å²) in [5.41, 5.74) is 1.41. The summed E-state index contributed by atoms with van der Waals surface area (Å²) in [5.74, 6) is 0. The Morgan fingerprint density at radius 1 is 1.67 bits per heavy atom. The molecule has 0 aromatic carbocycles. The zero-order valence-electron chi connectivity index (χ0n) is 8.81. The molecule has 1 aliphatic carbocycles. The molecule has 0 radical (unpaired) electrons. The Labute approximate surface area is 92.2 Å². The van der Waals surface area contributed by atoms with E-state index in [1.54, 1.807) is 6.20 Å². The maximum atomic E-state index is 10.1. The molecule has 0 saturated heterocycles. The van der Waals surface area contributed by atoms with E-state index in [0.717, 1.165) is 24.1 Å². The fraction of sp³-hybridized carbons (Fsp3) is 0.545. The Bertz CT molecular complexity index is 354. The summed E-state index contributed by atoms with van der Waals surface area (Å²) in [6.45, 7) is 1.87. The highest BCUT2D eigenvalue weighted by molar-refractivity contribution is 7.09. The van der Waals surface area contributed by atoms with Crippen molar-refractivity contribution in [3.05, 3.63) is 29.6 Å². The fourth-order valence-electron chi connectivity index (χ4n) is 2.10. The lowest BCUT2D eigenvalue weighted by Gasteiger charge is -2.20. The molecule has 1 heterocycles. The van der Waals surface area contributed by atoms with Gasteiger partial charge in [-0.2, -0.15) is 0 Å². The number of rotatable bonds is 1. The van der Waals surface area contributed by atoms with Crippen LogP contribution in [-0.2, 0) is 10.9 Å². The lowest BCUT2D eigenvalue weighted by Crippen LogP contribution is -2.25. The van der Waals surface area contributed by atoms with Crippen LogP contribution in [-0.4, -0.2) is 15.7 Å². The molecule has 1 aromatic heterocycles. The monoisotopic (exact) mass is 225 g/mol. The van der Waals surface area contributed by atoms with Crippen molar-refractivity contribution >= 4 is 9.47 Å². The van der Waals surface area contributed by atoms with Gasteiger partial charge in [0.05, 0.1) is 11.3 Å². The SMILES string of the molecule is CC1(O)CCC(OP)c2ncccc2C1. The molecule has 0 bridgehead atoms. The van der Waals surface area contributed by atoms with E-state index in [-0.39, 0.29) is 6.10 Å². The van der Waals surface area contributed by atoms with Gasteiger partial charge in [0.2, 0.25) is 0 Å². The molecular weight excluding hydrogens is 209 g/mol. The van der Waals surface area contributed by atoms with E-state index in [1.807, 2.05) is 19.1 Å². The van der Waals surface area contributed by atoms with Crippen molar-refractivity contribution in [2.45, 2.75) is 37.9 Å². The Morgan fingerprint density at radius 2 is 2.47 bits per heavy atom. The van der Waals surface area contributed by atoms with Crippen molar-refractivity contribution in [1.29, 1.82) is 0 Å². The predicted molar refractivity (Wildman–Crippen MR) is 61.3 cm³/mol. The van der Waals surface area contributed by atoms with E-state index >= 15 is 0 Å². The second kappa shape index (κ2) is 4.17. The van der Waals surface area contributed by atoms with Gasteiger partial charge in [-0.3, -0.25) is 4.98 Å². The predicted octanol–water partition coefficient (Wildman–Crippen LogP) is 2.02. The smallest absolute Gasteiger partial charge is 0.103 e. The molecule has 0 fully saturated rings. The molecule has 0 saturated carbocycles. The summed E-state index contributed by atoms with van der Waals surface area (Å²) in [7, 11) is 2.29. The summed E-state index contributed by atoms with van der Waals surface area (Å²) in [6.07, 6.45) is 3.96. The molecule has 15 heavy (non-hydrogen) atoms. The maximum absolute atomic E-state index is 10.1. The Morgan fingerprint density at radius 3 is 3.20 bits per heavy atom. The molecule has 1 N–H and O–H groups in total. The van der Waals surface area contributed by atoms with Crippen LogP contribution in [0.25, 0.3) is 0 Å². The summed E-state index contributed by atoms with van der Waals surface area (Å²) < 4.78 is 5.33. The van der Waals surface area contributed by atoms with Crippen molar-refractivity contribution in [3.63, 3.8) is 0 Å². The van der Waals surface area contributed by atoms with Crippen molar-refractivity contribution in [2.24, 2.45) is 0 Å². The average molecular weight is 225 g/mol. The van der Waals surface area contributed by atoms with Gasteiger partial charge in [-0.1, -0.05) is 6.07 Å². The van der Waals surface area contributed by atoms with Gasteiger partial charge in [0, 0.05) is 22.1 Å². The van der Waals surface area contributed by atoms with E-state index < -0.39 is 5.60 Å². The number of hydrogen-bond acceptors (Lipinski definition) is 3. The van der Waals surface area contributed by atoms with Crippen molar-refractivity contribution < 1.29 is 9.63 Å². The highest BCUT2D eigenvalue weighted by Gasteiger charge is 2.30. The molecule has 0 aliphatic heterocycles. The third kappa shape index (κ3) is 2.36. The van der Waals surface area contributed by atoms with Crippen LogP contribution >= 0.6 is 9.47 Å². The highest BCUT2D eigenvalue weighted by atomic mass is 31.0. The zero-order valence-corrected chi connectivity index (χ0v) is 9.97. The zero-order chi connectivity index (χ0) is 10.9. The Kier molecular flexibility index (Phi) is 3.06. The first kappa shape index (κ1) is 11.0. The molecule has 1 aliphatic rings. The Balaban J connectivity index is 2.40. The summed E-state index contributed by atoms with van der Waals surface area (Å²) >= 11 is 0. The van der Waals surface area contributed by atoms with Gasteiger partial charge in [-0.05, 0) is 31.4 Å². The average Bonchev–Trinajstić information content (AvgIpc) is 2.32. The number of fused-ring (bicyclic) bond motifs is 1. The van der Waals surface area contributed by atoms with E-state index in [0.29, 0.717) is 6.42 Å². The van der Waals surface area contributed by atoms with Crippen LogP contribution < -0.4 is 0 Å². The van der Waals surface area contributed by atoms with Crippen LogP contribution in [0.5, 0.6) is 0 Å². The first-order chi connectivity index (χ1) is 7.12. The van der Waals surface area contributed by atoms with Crippen molar-refractivity contribution in [3.8, 4) is 0 Å². The fourth-order valence-corrected chi connectivity index (χ4v) is 2.37. The lowest BCUT2D eigenvalue weighted by molar-refractivity contribution is 0.0440. The van der Waals surface area contributed by atoms with Gasteiger partial charge in [-0.25, -0.2) is 0 Å². The van der Waals surface area contributed by atoms with Gasteiger partial charge in [0.1, 0.15) is 6.10 Å². The molecule has 3 nitrogen and oxygen atoms in total. The quantitative estimate of drug-likeness (QED) is 0.587. The van der Waals surface area contributed by atoms with Gasteiger partial charge >= 0.3 is 0 Å². The lowest BCUT2D eigenvalue weighted by atomic mass is 9.95. The number of nitrogens with zero attached hydrogens (tertiary/aromatic N) is 1. The molecule has 4 heteroatoms. The minimum atomic E-state index is -0.643. The van der Waals surface area contributed by atoms with Crippen LogP contribution in [0.3, 0.4) is 0 Å². The highest BCUT2D eigenvalue weighted by Crippen LogP contribution is 2.35. The maximum Gasteiger partial charge on any atom is 0.103 e. The first-order valence-electron chi connectivity index (χ1n) is 5.14. The molecule has 3 unspecified atom stereocenters. The van der Waals surface area contributed by atoms with E-state index in [9.17, 15) is 5.11 Å². The van der Waals surface area contributed by atoms with Gasteiger partial charge in [0.15, 0.2) is 0 Å². The topological polar surface area (TPSA) is 42.4 Å². The number of pyridine rings is 1. The van der Waals surface area contributed by atoms with Crippen LogP contribution in [0.15, 0.2) is 18.3 Å². The summed E-state index contributed by atoms with van der Waals surface area (Å²) in [6, 6.07) is 3.92. The summed E-state index contributed by atoms with van der Waals surface area (Å²) in [4.78, 5) is 4.35. The molecule has 2 rings (SSSR count). The van der Waals surface area contributed by atoms with E-state index in [4.69, 9.17) is 4.52 Å². The third-order valence-corrected chi connectivity index (χ3v) is 3.24. The minimum Gasteiger partial charge on any atom is -0.390 e. The van der Waals surface area contributed by atoms with Crippen LogP contribution in [0, 0.1) is 0 Å². The molecule has 0 spiro atoms. The van der Waals surface area contributed by atoms with Crippen molar-refractivity contribution in [1.82, 2.24) is 4.98 Å². The second-order valence-electron chi connectivity index (χ2n) is 4.38. The van der Waals surface area contributed by atoms with E-state index in [2.05, 4.69) is 14.5 Å². The van der Waals surface area contributed by atoms with Crippen LogP contribution in [0.2, 0.25) is 0 Å². The second-order valence-corrected chi connectivity index (χ2v) is 4.66. The largest absolute Gasteiger partial charge is 0.390 e. The summed E-state index contributed by atoms with van der Waals surface area (Å²) in [5, 5.41) is 10.1. The first-order valence-corrected chi connectivity index (χ1v) is 5.61. The molecule has 0 amide bonds. The van der Waals surface area contributed by atoms with Crippen molar-refractivity contribution in [2.75, 3.05) is 0 Å². The minimum absolute atomic E-state index is 0.0137. The number of aliphatic hydroxyl groups is 1. The molecule has 82 valence electrons. The van der Waals surface area contributed by atoms with E-state index in [1.165, 1.54) is 0 Å². The normalized spacial score (nSPS) is 30.7. The van der Waals surface area contributed by atoms with Crippen LogP contribution in [0.1, 0.15) is 37.1 Å². The van der Waals surface area contributed by atoms with Gasteiger partial charge < -0.3 is 9.63 Å². The standard InChI is InChI=1S/C11H16NO2P/c1-11(13)5-4-9(14-15)10-8(7-11)3-2-6-12-10/h2-3,6,9,13H,4-5,7,15H2,1H3. The molecule has 1 aromatic rings. The molecular formula is C11H16NO2P. The van der Waals surface area contributed by atoms with Gasteiger partial charge in [0.25, 0.3) is 0 Å².